The molecule has 0 aliphatic heterocycles. The van der Waals surface area contributed by atoms with Gasteiger partial charge in [-0.1, -0.05) is 59.2 Å². The summed E-state index contributed by atoms with van der Waals surface area (Å²) in [5.41, 5.74) is 4.37. The molecule has 1 aromatic carbocycles. The van der Waals surface area contributed by atoms with E-state index in [1.807, 2.05) is 31.6 Å². The fraction of sp³-hybridized carbons (Fsp3) is 0.692. The summed E-state index contributed by atoms with van der Waals surface area (Å²) >= 11 is 0. The van der Waals surface area contributed by atoms with Crippen molar-refractivity contribution in [3.63, 3.8) is 0 Å². The number of nitrogens with zero attached hydrogens (tertiary/aromatic N) is 2. The third-order valence-electron chi connectivity index (χ3n) is 15.1. The number of aryl methyl sites for hydroxylation is 1. The number of hydrogen-bond acceptors (Lipinski definition) is 4. The second kappa shape index (κ2) is 10.7. The van der Waals surface area contributed by atoms with Crippen LogP contribution in [0.2, 0.25) is 0 Å². The summed E-state index contributed by atoms with van der Waals surface area (Å²) in [7, 11) is 2.05. The van der Waals surface area contributed by atoms with E-state index in [0.29, 0.717) is 27.9 Å². The molecule has 1 aromatic heterocycles. The minimum atomic E-state index is -0.854. The summed E-state index contributed by atoms with van der Waals surface area (Å²) in [5.74, 6) is 3.06. The van der Waals surface area contributed by atoms with Crippen LogP contribution in [0.3, 0.4) is 0 Å². The summed E-state index contributed by atoms with van der Waals surface area (Å²) in [6.45, 7) is 15.0. The molecular formula is C39H56N4O2. The molecule has 3 N–H and O–H groups in total. The van der Waals surface area contributed by atoms with E-state index in [-0.39, 0.29) is 10.8 Å². The number of aromatic nitrogens is 2. The van der Waals surface area contributed by atoms with Gasteiger partial charge >= 0.3 is 5.97 Å². The van der Waals surface area contributed by atoms with Crippen molar-refractivity contribution in [2.45, 2.75) is 104 Å². The first-order valence-corrected chi connectivity index (χ1v) is 17.9. The van der Waals surface area contributed by atoms with Gasteiger partial charge in [-0.05, 0) is 126 Å². The molecule has 0 saturated heterocycles. The number of carboxylic acid groups (broad SMARTS) is 1. The van der Waals surface area contributed by atoms with Gasteiger partial charge in [0.15, 0.2) is 0 Å². The largest absolute Gasteiger partial charge is 0.478 e. The first kappa shape index (κ1) is 31.0. The highest BCUT2D eigenvalue weighted by Gasteiger charge is 2.69. The van der Waals surface area contributed by atoms with Gasteiger partial charge < -0.3 is 20.3 Å². The van der Waals surface area contributed by atoms with Crippen LogP contribution in [-0.4, -0.2) is 39.3 Å². The van der Waals surface area contributed by atoms with Crippen LogP contribution in [0.25, 0.3) is 5.57 Å². The van der Waals surface area contributed by atoms with Crippen molar-refractivity contribution < 1.29 is 9.90 Å². The van der Waals surface area contributed by atoms with E-state index in [0.717, 1.165) is 43.2 Å². The number of rotatable bonds is 7. The number of benzene rings is 1. The second-order valence-electron chi connectivity index (χ2n) is 17.0. The van der Waals surface area contributed by atoms with Crippen LogP contribution < -0.4 is 10.6 Å². The summed E-state index contributed by atoms with van der Waals surface area (Å²) in [6.07, 6.45) is 19.7. The molecule has 244 valence electrons. The highest BCUT2D eigenvalue weighted by molar-refractivity contribution is 5.88. The van der Waals surface area contributed by atoms with Gasteiger partial charge in [-0.25, -0.2) is 9.78 Å². The zero-order chi connectivity index (χ0) is 31.8. The maximum absolute atomic E-state index is 11.5. The molecule has 4 saturated carbocycles. The zero-order valence-electron chi connectivity index (χ0n) is 28.6. The predicted molar refractivity (Wildman–Crippen MR) is 182 cm³/mol. The summed E-state index contributed by atoms with van der Waals surface area (Å²) in [6, 6.07) is 7.63. The SMILES string of the molecule is Cn1ccnc1NCCNC12CCCC1C1CCC3C4(C)CC=C(c5ccc(C(=O)O)cc5)C(C)(C)C4CCC3(C)[C@]1(C)CC2. The quantitative estimate of drug-likeness (QED) is 0.274. The number of hydrogen-bond donors (Lipinski definition) is 3. The zero-order valence-corrected chi connectivity index (χ0v) is 28.6. The van der Waals surface area contributed by atoms with E-state index in [1.54, 1.807) is 12.1 Å². The fourth-order valence-electron chi connectivity index (χ4n) is 12.8. The Bertz CT molecular complexity index is 1480. The van der Waals surface area contributed by atoms with Crippen LogP contribution in [0.4, 0.5) is 5.95 Å². The third-order valence-corrected chi connectivity index (χ3v) is 15.1. The number of carboxylic acids is 1. The predicted octanol–water partition coefficient (Wildman–Crippen LogP) is 8.42. The lowest BCUT2D eigenvalue weighted by Crippen LogP contribution is -2.67. The molecule has 7 unspecified atom stereocenters. The topological polar surface area (TPSA) is 79.2 Å². The van der Waals surface area contributed by atoms with Crippen LogP contribution in [0, 0.1) is 45.3 Å². The van der Waals surface area contributed by atoms with Gasteiger partial charge in [0.2, 0.25) is 5.95 Å². The molecule has 0 radical (unpaired) electrons. The van der Waals surface area contributed by atoms with Crippen molar-refractivity contribution in [1.29, 1.82) is 0 Å². The molecule has 0 spiro atoms. The third kappa shape index (κ3) is 4.51. The van der Waals surface area contributed by atoms with E-state index in [9.17, 15) is 9.90 Å². The lowest BCUT2D eigenvalue weighted by atomic mass is 9.33. The van der Waals surface area contributed by atoms with Gasteiger partial charge in [0.1, 0.15) is 0 Å². The van der Waals surface area contributed by atoms with Gasteiger partial charge in [0, 0.05) is 38.1 Å². The Morgan fingerprint density at radius 3 is 2.40 bits per heavy atom. The van der Waals surface area contributed by atoms with E-state index in [4.69, 9.17) is 0 Å². The number of imidazole rings is 1. The minimum absolute atomic E-state index is 0.0525. The molecule has 6 heteroatoms. The van der Waals surface area contributed by atoms with Gasteiger partial charge in [-0.3, -0.25) is 0 Å². The van der Waals surface area contributed by atoms with Crippen LogP contribution in [0.5, 0.6) is 0 Å². The van der Waals surface area contributed by atoms with Crippen molar-refractivity contribution in [3.05, 3.63) is 53.9 Å². The van der Waals surface area contributed by atoms with Crippen LogP contribution in [0.15, 0.2) is 42.7 Å². The number of allylic oxidation sites excluding steroid dienone is 2. The summed E-state index contributed by atoms with van der Waals surface area (Å²) < 4.78 is 2.06. The Balaban J connectivity index is 1.12. The monoisotopic (exact) mass is 612 g/mol. The first-order chi connectivity index (χ1) is 21.4. The summed E-state index contributed by atoms with van der Waals surface area (Å²) in [5, 5.41) is 17.1. The lowest BCUT2D eigenvalue weighted by molar-refractivity contribution is -0.216. The molecule has 2 aromatic rings. The van der Waals surface area contributed by atoms with Gasteiger partial charge in [-0.15, -0.1) is 0 Å². The van der Waals surface area contributed by atoms with E-state index in [1.165, 1.54) is 68.9 Å². The molecule has 8 atom stereocenters. The maximum Gasteiger partial charge on any atom is 0.335 e. The molecule has 1 heterocycles. The Morgan fingerprint density at radius 2 is 1.69 bits per heavy atom. The van der Waals surface area contributed by atoms with Crippen LogP contribution in [0.1, 0.15) is 115 Å². The molecule has 5 aliphatic rings. The fourth-order valence-corrected chi connectivity index (χ4v) is 12.8. The average Bonchev–Trinajstić information content (AvgIpc) is 3.61. The highest BCUT2D eigenvalue weighted by atomic mass is 16.4. The van der Waals surface area contributed by atoms with Crippen molar-refractivity contribution in [1.82, 2.24) is 14.9 Å². The Labute approximate surface area is 270 Å². The maximum atomic E-state index is 11.5. The molecule has 7 rings (SSSR count). The molecule has 6 nitrogen and oxygen atoms in total. The average molecular weight is 613 g/mol. The molecule has 0 bridgehead atoms. The van der Waals surface area contributed by atoms with Gasteiger partial charge in [-0.2, -0.15) is 0 Å². The standard InChI is InChI=1S/C39H56N4O2/c1-35(2)28(26-9-11-27(12-10-26)33(44)45)15-18-36(3)31(35)16-19-38(5)32(36)14-13-29-30-8-7-17-39(30,21-20-37(29,38)4)42-23-22-40-34-41-24-25-43(34)6/h9-12,15,24-25,29-32,42H,7-8,13-14,16-23H2,1-6H3,(H,40,41)(H,44,45)/t29?,30?,31?,32?,36?,37-,38?,39?/m1/s1. The molecule has 0 amide bonds. The highest BCUT2D eigenvalue weighted by Crippen LogP contribution is 2.76. The van der Waals surface area contributed by atoms with Gasteiger partial charge in [0.05, 0.1) is 5.56 Å². The minimum Gasteiger partial charge on any atom is -0.478 e. The van der Waals surface area contributed by atoms with Crippen molar-refractivity contribution in [3.8, 4) is 0 Å². The van der Waals surface area contributed by atoms with Crippen molar-refractivity contribution in [2.75, 3.05) is 18.4 Å². The number of carbonyl (C=O) groups is 1. The molecular weight excluding hydrogens is 556 g/mol. The van der Waals surface area contributed by atoms with E-state index < -0.39 is 5.97 Å². The number of anilines is 1. The Hall–Kier alpha value is -2.60. The van der Waals surface area contributed by atoms with Crippen molar-refractivity contribution in [2.24, 2.45) is 52.4 Å². The van der Waals surface area contributed by atoms with E-state index >= 15 is 0 Å². The molecule has 4 fully saturated rings. The lowest BCUT2D eigenvalue weighted by Gasteiger charge is -2.72. The van der Waals surface area contributed by atoms with Crippen LogP contribution >= 0.6 is 0 Å². The van der Waals surface area contributed by atoms with Gasteiger partial charge in [0.25, 0.3) is 0 Å². The van der Waals surface area contributed by atoms with Crippen LogP contribution in [-0.2, 0) is 7.05 Å². The normalized spacial score (nSPS) is 40.0. The Kier molecular flexibility index (Phi) is 7.39. The van der Waals surface area contributed by atoms with Crippen molar-refractivity contribution >= 4 is 17.5 Å². The Morgan fingerprint density at radius 1 is 0.911 bits per heavy atom. The number of nitrogens with one attached hydrogen (secondary N) is 2. The molecule has 5 aliphatic carbocycles. The first-order valence-electron chi connectivity index (χ1n) is 17.9. The second-order valence-corrected chi connectivity index (χ2v) is 17.0. The molecule has 45 heavy (non-hydrogen) atoms. The number of aromatic carboxylic acids is 1. The number of fused-ring (bicyclic) bond motifs is 7. The smallest absolute Gasteiger partial charge is 0.335 e. The summed E-state index contributed by atoms with van der Waals surface area (Å²) in [4.78, 5) is 15.9. The van der Waals surface area contributed by atoms with E-state index in [2.05, 4.69) is 60.9 Å².